The summed E-state index contributed by atoms with van der Waals surface area (Å²) in [7, 11) is 0. The predicted octanol–water partition coefficient (Wildman–Crippen LogP) is 3.31. The lowest BCUT2D eigenvalue weighted by Gasteiger charge is -2.55. The molecule has 4 fully saturated rings. The van der Waals surface area contributed by atoms with E-state index in [1.165, 1.54) is 42.4 Å². The van der Waals surface area contributed by atoms with Crippen LogP contribution in [-0.2, 0) is 9.59 Å². The van der Waals surface area contributed by atoms with Gasteiger partial charge in [-0.3, -0.25) is 9.59 Å². The van der Waals surface area contributed by atoms with E-state index in [2.05, 4.69) is 20.8 Å². The van der Waals surface area contributed by atoms with Gasteiger partial charge in [0, 0.05) is 6.04 Å². The van der Waals surface area contributed by atoms with Gasteiger partial charge < -0.3 is 10.6 Å². The van der Waals surface area contributed by atoms with Crippen molar-refractivity contribution in [2.24, 2.45) is 23.2 Å². The maximum atomic E-state index is 13.0. The maximum Gasteiger partial charge on any atom is 0.232 e. The van der Waals surface area contributed by atoms with E-state index in [-0.39, 0.29) is 23.3 Å². The van der Waals surface area contributed by atoms with Crippen molar-refractivity contribution in [3.63, 3.8) is 0 Å². The average Bonchev–Trinajstić information content (AvgIpc) is 2.98. The minimum absolute atomic E-state index is 0.0145. The number of rotatable bonds is 6. The smallest absolute Gasteiger partial charge is 0.232 e. The Morgan fingerprint density at radius 1 is 1.15 bits per heavy atom. The van der Waals surface area contributed by atoms with Crippen molar-refractivity contribution in [2.75, 3.05) is 11.1 Å². The van der Waals surface area contributed by atoms with Gasteiger partial charge in [-0.1, -0.05) is 23.1 Å². The lowest BCUT2D eigenvalue weighted by molar-refractivity contribution is -0.140. The molecule has 0 atom stereocenters. The van der Waals surface area contributed by atoms with Crippen LogP contribution < -0.4 is 10.6 Å². The molecule has 0 aromatic carbocycles. The Bertz CT molecular complexity index is 668. The molecule has 6 nitrogen and oxygen atoms in total. The molecule has 2 amide bonds. The van der Waals surface area contributed by atoms with E-state index in [4.69, 9.17) is 0 Å². The van der Waals surface area contributed by atoms with Crippen LogP contribution >= 0.6 is 23.1 Å². The van der Waals surface area contributed by atoms with Crippen LogP contribution in [-0.4, -0.2) is 33.8 Å². The van der Waals surface area contributed by atoms with Crippen LogP contribution in [0.2, 0.25) is 0 Å². The van der Waals surface area contributed by atoms with E-state index in [9.17, 15) is 9.59 Å². The van der Waals surface area contributed by atoms with Crippen LogP contribution in [0, 0.1) is 23.2 Å². The Kier molecular flexibility index (Phi) is 4.98. The first-order valence-electron chi connectivity index (χ1n) is 9.49. The molecule has 0 aliphatic heterocycles. The molecule has 2 N–H and O–H groups in total. The van der Waals surface area contributed by atoms with Crippen molar-refractivity contribution in [2.45, 2.75) is 62.8 Å². The SMILES string of the molecule is CC(C)NC(=O)CSc1nnc(NC(=O)C23CC4CC(CC(C4)C2)C3)s1. The Morgan fingerprint density at radius 2 is 1.77 bits per heavy atom. The Morgan fingerprint density at radius 3 is 2.35 bits per heavy atom. The maximum absolute atomic E-state index is 13.0. The number of nitrogens with zero attached hydrogens (tertiary/aromatic N) is 2. The molecule has 0 radical (unpaired) electrons. The van der Waals surface area contributed by atoms with Crippen LogP contribution in [0.3, 0.4) is 0 Å². The van der Waals surface area contributed by atoms with Gasteiger partial charge in [0.05, 0.1) is 11.2 Å². The number of carbonyl (C=O) groups excluding carboxylic acids is 2. The third-order valence-electron chi connectivity index (χ3n) is 5.92. The van der Waals surface area contributed by atoms with Crippen LogP contribution in [0.15, 0.2) is 4.34 Å². The molecule has 5 rings (SSSR count). The molecule has 0 spiro atoms. The quantitative estimate of drug-likeness (QED) is 0.571. The molecule has 142 valence electrons. The van der Waals surface area contributed by atoms with Crippen LogP contribution in [0.25, 0.3) is 0 Å². The molecule has 0 unspecified atom stereocenters. The minimum Gasteiger partial charge on any atom is -0.353 e. The zero-order valence-electron chi connectivity index (χ0n) is 15.3. The molecule has 4 aliphatic rings. The highest BCUT2D eigenvalue weighted by atomic mass is 32.2. The van der Waals surface area contributed by atoms with E-state index < -0.39 is 0 Å². The third kappa shape index (κ3) is 3.76. The van der Waals surface area contributed by atoms with E-state index in [1.54, 1.807) is 0 Å². The van der Waals surface area contributed by atoms with Gasteiger partial charge in [0.1, 0.15) is 0 Å². The number of carbonyl (C=O) groups is 2. The lowest BCUT2D eigenvalue weighted by Crippen LogP contribution is -2.51. The number of amides is 2. The third-order valence-corrected chi connectivity index (χ3v) is 7.90. The largest absolute Gasteiger partial charge is 0.353 e. The second kappa shape index (κ2) is 7.11. The summed E-state index contributed by atoms with van der Waals surface area (Å²) in [5.74, 6) is 2.67. The number of anilines is 1. The summed E-state index contributed by atoms with van der Waals surface area (Å²) >= 11 is 2.71. The number of hydrogen-bond donors (Lipinski definition) is 2. The van der Waals surface area contributed by atoms with Crippen molar-refractivity contribution in [1.29, 1.82) is 0 Å². The lowest BCUT2D eigenvalue weighted by atomic mass is 9.49. The Balaban J connectivity index is 1.34. The summed E-state index contributed by atoms with van der Waals surface area (Å²) in [5.41, 5.74) is -0.176. The fraction of sp³-hybridized carbons (Fsp3) is 0.778. The van der Waals surface area contributed by atoms with Gasteiger partial charge in [-0.25, -0.2) is 0 Å². The molecule has 0 saturated heterocycles. The Hall–Kier alpha value is -1.15. The predicted molar refractivity (Wildman–Crippen MR) is 103 cm³/mol. The highest BCUT2D eigenvalue weighted by molar-refractivity contribution is 8.01. The normalized spacial score (nSPS) is 32.0. The van der Waals surface area contributed by atoms with Crippen molar-refractivity contribution in [1.82, 2.24) is 15.5 Å². The van der Waals surface area contributed by atoms with Gasteiger partial charge >= 0.3 is 0 Å². The molecule has 4 bridgehead atoms. The molecule has 1 aromatic heterocycles. The van der Waals surface area contributed by atoms with E-state index in [0.29, 0.717) is 15.2 Å². The van der Waals surface area contributed by atoms with Crippen molar-refractivity contribution in [3.8, 4) is 0 Å². The molecule has 26 heavy (non-hydrogen) atoms. The summed E-state index contributed by atoms with van der Waals surface area (Å²) in [6, 6.07) is 0.132. The number of nitrogens with one attached hydrogen (secondary N) is 2. The molecule has 1 heterocycles. The first kappa shape index (κ1) is 18.2. The topological polar surface area (TPSA) is 84.0 Å². The van der Waals surface area contributed by atoms with Gasteiger partial charge in [0.25, 0.3) is 0 Å². The minimum atomic E-state index is -0.176. The fourth-order valence-corrected chi connectivity index (χ4v) is 6.99. The summed E-state index contributed by atoms with van der Waals surface area (Å²) in [6.07, 6.45) is 7.10. The highest BCUT2D eigenvalue weighted by Crippen LogP contribution is 2.60. The second-order valence-corrected chi connectivity index (χ2v) is 10.7. The van der Waals surface area contributed by atoms with Crippen molar-refractivity contribution < 1.29 is 9.59 Å². The number of hydrogen-bond acceptors (Lipinski definition) is 6. The zero-order chi connectivity index (χ0) is 18.3. The number of aromatic nitrogens is 2. The molecular weight excluding hydrogens is 368 g/mol. The summed E-state index contributed by atoms with van der Waals surface area (Å²) in [4.78, 5) is 24.7. The van der Waals surface area contributed by atoms with Gasteiger partial charge in [-0.2, -0.15) is 0 Å². The first-order chi connectivity index (χ1) is 12.4. The average molecular weight is 395 g/mol. The summed E-state index contributed by atoms with van der Waals surface area (Å²) < 4.78 is 0.713. The van der Waals surface area contributed by atoms with E-state index >= 15 is 0 Å². The van der Waals surface area contributed by atoms with Gasteiger partial charge in [0.15, 0.2) is 4.34 Å². The van der Waals surface area contributed by atoms with Gasteiger partial charge in [-0.15, -0.1) is 10.2 Å². The van der Waals surface area contributed by atoms with E-state index in [0.717, 1.165) is 37.0 Å². The van der Waals surface area contributed by atoms with Crippen molar-refractivity contribution >= 4 is 40.0 Å². The first-order valence-corrected chi connectivity index (χ1v) is 11.3. The molecule has 4 saturated carbocycles. The molecule has 4 aliphatic carbocycles. The fourth-order valence-electron chi connectivity index (χ4n) is 5.43. The van der Waals surface area contributed by atoms with Gasteiger partial charge in [-0.05, 0) is 70.1 Å². The zero-order valence-corrected chi connectivity index (χ0v) is 16.9. The molecule has 8 heteroatoms. The summed E-state index contributed by atoms with van der Waals surface area (Å²) in [5, 5.41) is 14.6. The van der Waals surface area contributed by atoms with Crippen LogP contribution in [0.4, 0.5) is 5.13 Å². The second-order valence-electron chi connectivity index (χ2n) is 8.54. The van der Waals surface area contributed by atoms with Crippen LogP contribution in [0.5, 0.6) is 0 Å². The van der Waals surface area contributed by atoms with Crippen molar-refractivity contribution in [3.05, 3.63) is 0 Å². The van der Waals surface area contributed by atoms with E-state index in [1.807, 2.05) is 13.8 Å². The van der Waals surface area contributed by atoms with Crippen LogP contribution in [0.1, 0.15) is 52.4 Å². The molecule has 1 aromatic rings. The Labute approximate surface area is 162 Å². The monoisotopic (exact) mass is 394 g/mol. The highest BCUT2D eigenvalue weighted by Gasteiger charge is 2.54. The summed E-state index contributed by atoms with van der Waals surface area (Å²) in [6.45, 7) is 3.87. The standard InChI is InChI=1S/C18H26N4O2S2/c1-10(2)19-14(23)9-25-17-22-21-16(26-17)20-15(24)18-6-11-3-12(7-18)5-13(4-11)8-18/h10-13H,3-9H2,1-2H3,(H,19,23)(H,20,21,24). The number of thioether (sulfide) groups is 1. The van der Waals surface area contributed by atoms with Gasteiger partial charge in [0.2, 0.25) is 16.9 Å². The molecular formula is C18H26N4O2S2.